The van der Waals surface area contributed by atoms with E-state index in [2.05, 4.69) is 21.4 Å². The fraction of sp³-hybridized carbons (Fsp3) is 0.200. The van der Waals surface area contributed by atoms with Crippen molar-refractivity contribution in [3.63, 3.8) is 0 Å². The standard InChI is InChI=1S/C15H15BrF2N2O/c1-8-3-6-11(17)13(14(8)18)15(20-19)10-5-4-9(16)7-12(10)21-2/h3-7,15,20H,19H2,1-2H3. The lowest BCUT2D eigenvalue weighted by molar-refractivity contribution is 0.401. The summed E-state index contributed by atoms with van der Waals surface area (Å²) in [6.07, 6.45) is 0. The minimum absolute atomic E-state index is 0.127. The average Bonchev–Trinajstić information content (AvgIpc) is 2.48. The molecule has 0 spiro atoms. The molecular weight excluding hydrogens is 342 g/mol. The van der Waals surface area contributed by atoms with Crippen LogP contribution in [-0.4, -0.2) is 7.11 Å². The highest BCUT2D eigenvalue weighted by Crippen LogP contribution is 2.34. The van der Waals surface area contributed by atoms with Gasteiger partial charge in [0.25, 0.3) is 0 Å². The summed E-state index contributed by atoms with van der Waals surface area (Å²) >= 11 is 3.33. The molecule has 0 fully saturated rings. The molecule has 2 aromatic rings. The van der Waals surface area contributed by atoms with Crippen LogP contribution in [0.25, 0.3) is 0 Å². The van der Waals surface area contributed by atoms with E-state index in [0.29, 0.717) is 16.9 Å². The lowest BCUT2D eigenvalue weighted by Gasteiger charge is -2.21. The second-order valence-corrected chi connectivity index (χ2v) is 5.49. The Morgan fingerprint density at radius 2 is 1.95 bits per heavy atom. The third-order valence-corrected chi connectivity index (χ3v) is 3.77. The quantitative estimate of drug-likeness (QED) is 0.649. The Bertz CT molecular complexity index is 664. The Balaban J connectivity index is 2.63. The summed E-state index contributed by atoms with van der Waals surface area (Å²) in [5.41, 5.74) is 3.23. The van der Waals surface area contributed by atoms with Gasteiger partial charge in [-0.25, -0.2) is 14.2 Å². The van der Waals surface area contributed by atoms with Crippen molar-refractivity contribution in [2.24, 2.45) is 5.84 Å². The van der Waals surface area contributed by atoms with Crippen molar-refractivity contribution in [3.8, 4) is 5.75 Å². The molecule has 1 atom stereocenters. The predicted molar refractivity (Wildman–Crippen MR) is 81.0 cm³/mol. The normalized spacial score (nSPS) is 12.3. The number of aryl methyl sites for hydroxylation is 1. The van der Waals surface area contributed by atoms with Gasteiger partial charge in [0.15, 0.2) is 0 Å². The van der Waals surface area contributed by atoms with E-state index in [1.807, 2.05) is 0 Å². The maximum absolute atomic E-state index is 14.3. The monoisotopic (exact) mass is 356 g/mol. The van der Waals surface area contributed by atoms with Gasteiger partial charge in [0.2, 0.25) is 0 Å². The van der Waals surface area contributed by atoms with Gasteiger partial charge in [0, 0.05) is 15.6 Å². The Morgan fingerprint density at radius 1 is 1.24 bits per heavy atom. The number of ether oxygens (including phenoxy) is 1. The lowest BCUT2D eigenvalue weighted by atomic mass is 9.96. The summed E-state index contributed by atoms with van der Waals surface area (Å²) < 4.78 is 34.5. The molecule has 3 nitrogen and oxygen atoms in total. The van der Waals surface area contributed by atoms with Gasteiger partial charge in [-0.3, -0.25) is 5.84 Å². The number of nitrogens with two attached hydrogens (primary N) is 1. The van der Waals surface area contributed by atoms with Crippen LogP contribution >= 0.6 is 15.9 Å². The second kappa shape index (κ2) is 6.51. The van der Waals surface area contributed by atoms with E-state index in [9.17, 15) is 8.78 Å². The van der Waals surface area contributed by atoms with Gasteiger partial charge >= 0.3 is 0 Å². The van der Waals surface area contributed by atoms with E-state index >= 15 is 0 Å². The van der Waals surface area contributed by atoms with Crippen LogP contribution in [0.1, 0.15) is 22.7 Å². The number of hydrogen-bond acceptors (Lipinski definition) is 3. The molecule has 0 aliphatic carbocycles. The summed E-state index contributed by atoms with van der Waals surface area (Å²) in [5.74, 6) is 4.73. The number of halogens is 3. The fourth-order valence-electron chi connectivity index (χ4n) is 2.20. The zero-order chi connectivity index (χ0) is 15.6. The molecule has 0 aliphatic heterocycles. The Kier molecular flexibility index (Phi) is 4.92. The summed E-state index contributed by atoms with van der Waals surface area (Å²) in [4.78, 5) is 0. The zero-order valence-electron chi connectivity index (χ0n) is 11.6. The molecule has 0 amide bonds. The van der Waals surface area contributed by atoms with Crippen LogP contribution in [0.5, 0.6) is 5.75 Å². The molecule has 0 saturated heterocycles. The van der Waals surface area contributed by atoms with Gasteiger partial charge in [0.1, 0.15) is 17.4 Å². The van der Waals surface area contributed by atoms with E-state index in [1.54, 1.807) is 25.1 Å². The molecule has 0 bridgehead atoms. The van der Waals surface area contributed by atoms with E-state index in [-0.39, 0.29) is 5.56 Å². The number of nitrogens with one attached hydrogen (secondary N) is 1. The zero-order valence-corrected chi connectivity index (χ0v) is 13.2. The minimum atomic E-state index is -0.854. The molecule has 0 saturated carbocycles. The van der Waals surface area contributed by atoms with E-state index in [1.165, 1.54) is 19.2 Å². The third-order valence-electron chi connectivity index (χ3n) is 3.28. The number of hydrazine groups is 1. The first-order chi connectivity index (χ1) is 9.99. The van der Waals surface area contributed by atoms with Crippen LogP contribution in [0, 0.1) is 18.6 Å². The molecule has 0 aromatic heterocycles. The number of benzene rings is 2. The van der Waals surface area contributed by atoms with Crippen LogP contribution in [0.2, 0.25) is 0 Å². The predicted octanol–water partition coefficient (Wildman–Crippen LogP) is 3.60. The fourth-order valence-corrected chi connectivity index (χ4v) is 2.54. The summed E-state index contributed by atoms with van der Waals surface area (Å²) in [6.45, 7) is 1.57. The largest absolute Gasteiger partial charge is 0.496 e. The maximum atomic E-state index is 14.3. The number of rotatable bonds is 4. The Hall–Kier alpha value is -1.50. The van der Waals surface area contributed by atoms with Crippen LogP contribution in [0.15, 0.2) is 34.8 Å². The van der Waals surface area contributed by atoms with Gasteiger partial charge in [-0.05, 0) is 30.7 Å². The van der Waals surface area contributed by atoms with Crippen molar-refractivity contribution in [3.05, 3.63) is 63.1 Å². The van der Waals surface area contributed by atoms with E-state index < -0.39 is 17.7 Å². The molecule has 2 aromatic carbocycles. The topological polar surface area (TPSA) is 47.3 Å². The first-order valence-corrected chi connectivity index (χ1v) is 7.03. The summed E-state index contributed by atoms with van der Waals surface area (Å²) in [6, 6.07) is 6.94. The van der Waals surface area contributed by atoms with Crippen LogP contribution in [-0.2, 0) is 0 Å². The Morgan fingerprint density at radius 3 is 2.57 bits per heavy atom. The molecular formula is C15H15BrF2N2O. The van der Waals surface area contributed by atoms with Crippen molar-refractivity contribution in [1.29, 1.82) is 0 Å². The molecule has 3 N–H and O–H groups in total. The third kappa shape index (κ3) is 3.07. The van der Waals surface area contributed by atoms with Crippen molar-refractivity contribution in [1.82, 2.24) is 5.43 Å². The number of hydrogen-bond donors (Lipinski definition) is 2. The molecule has 6 heteroatoms. The highest BCUT2D eigenvalue weighted by molar-refractivity contribution is 9.10. The van der Waals surface area contributed by atoms with Crippen molar-refractivity contribution in [2.75, 3.05) is 7.11 Å². The molecule has 0 aliphatic rings. The first-order valence-electron chi connectivity index (χ1n) is 6.23. The van der Waals surface area contributed by atoms with Crippen LogP contribution in [0.4, 0.5) is 8.78 Å². The first kappa shape index (κ1) is 15.9. The van der Waals surface area contributed by atoms with Crippen LogP contribution in [0.3, 0.4) is 0 Å². The maximum Gasteiger partial charge on any atom is 0.134 e. The smallest absolute Gasteiger partial charge is 0.134 e. The molecule has 112 valence electrons. The van der Waals surface area contributed by atoms with Crippen molar-refractivity contribution >= 4 is 15.9 Å². The summed E-state index contributed by atoms with van der Waals surface area (Å²) in [5, 5.41) is 0. The minimum Gasteiger partial charge on any atom is -0.496 e. The molecule has 0 radical (unpaired) electrons. The SMILES string of the molecule is COc1cc(Br)ccc1C(NN)c1c(F)ccc(C)c1F. The van der Waals surface area contributed by atoms with Crippen molar-refractivity contribution < 1.29 is 13.5 Å². The van der Waals surface area contributed by atoms with Gasteiger partial charge in [0.05, 0.1) is 13.2 Å². The van der Waals surface area contributed by atoms with E-state index in [4.69, 9.17) is 10.6 Å². The molecule has 2 rings (SSSR count). The highest BCUT2D eigenvalue weighted by atomic mass is 79.9. The highest BCUT2D eigenvalue weighted by Gasteiger charge is 2.25. The van der Waals surface area contributed by atoms with Gasteiger partial charge < -0.3 is 4.74 Å². The van der Waals surface area contributed by atoms with E-state index in [0.717, 1.165) is 4.47 Å². The van der Waals surface area contributed by atoms with Crippen LogP contribution < -0.4 is 16.0 Å². The molecule has 1 unspecified atom stereocenters. The second-order valence-electron chi connectivity index (χ2n) is 4.58. The Labute approximate surface area is 130 Å². The van der Waals surface area contributed by atoms with Gasteiger partial charge in [-0.15, -0.1) is 0 Å². The average molecular weight is 357 g/mol. The molecule has 21 heavy (non-hydrogen) atoms. The number of methoxy groups -OCH3 is 1. The van der Waals surface area contributed by atoms with Crippen molar-refractivity contribution in [2.45, 2.75) is 13.0 Å². The summed E-state index contributed by atoms with van der Waals surface area (Å²) in [7, 11) is 1.49. The molecule has 0 heterocycles. The lowest BCUT2D eigenvalue weighted by Crippen LogP contribution is -2.31. The van der Waals surface area contributed by atoms with Gasteiger partial charge in [-0.2, -0.15) is 0 Å². The van der Waals surface area contributed by atoms with Gasteiger partial charge in [-0.1, -0.05) is 28.1 Å².